The third-order valence-electron chi connectivity index (χ3n) is 2.79. The minimum atomic E-state index is -4.52. The zero-order chi connectivity index (χ0) is 15.6. The molecular formula is C14H20F4N2. The van der Waals surface area contributed by atoms with Crippen molar-refractivity contribution in [2.75, 3.05) is 25.0 Å². The molecule has 0 saturated heterocycles. The Morgan fingerprint density at radius 1 is 1.15 bits per heavy atom. The molecule has 0 fully saturated rings. The number of nitrogens with zero attached hydrogens (tertiary/aromatic N) is 1. The Balaban J connectivity index is 2.72. The van der Waals surface area contributed by atoms with E-state index in [0.29, 0.717) is 19.2 Å². The molecule has 6 heteroatoms. The van der Waals surface area contributed by atoms with E-state index in [0.717, 1.165) is 12.1 Å². The number of anilines is 1. The number of alkyl halides is 3. The fourth-order valence-electron chi connectivity index (χ4n) is 1.71. The van der Waals surface area contributed by atoms with Crippen LogP contribution in [0.3, 0.4) is 0 Å². The van der Waals surface area contributed by atoms with Crippen LogP contribution in [-0.4, -0.2) is 25.7 Å². The van der Waals surface area contributed by atoms with Crippen LogP contribution in [0.1, 0.15) is 26.3 Å². The highest BCUT2D eigenvalue weighted by Gasteiger charge is 2.31. The van der Waals surface area contributed by atoms with Gasteiger partial charge in [-0.1, -0.05) is 0 Å². The van der Waals surface area contributed by atoms with E-state index in [4.69, 9.17) is 0 Å². The maximum atomic E-state index is 13.7. The van der Waals surface area contributed by atoms with E-state index < -0.39 is 17.6 Å². The summed E-state index contributed by atoms with van der Waals surface area (Å²) in [6.45, 7) is 7.13. The molecule has 0 spiro atoms. The number of hydrogen-bond acceptors (Lipinski definition) is 2. The van der Waals surface area contributed by atoms with Crippen LogP contribution >= 0.6 is 0 Å². The molecule has 1 N–H and O–H groups in total. The third kappa shape index (κ3) is 5.00. The Labute approximate surface area is 116 Å². The molecule has 0 aliphatic carbocycles. The number of nitrogens with one attached hydrogen (secondary N) is 1. The Morgan fingerprint density at radius 2 is 1.75 bits per heavy atom. The Bertz CT molecular complexity index is 449. The summed E-state index contributed by atoms with van der Waals surface area (Å²) in [5.74, 6) is -0.863. The van der Waals surface area contributed by atoms with E-state index in [9.17, 15) is 17.6 Å². The summed E-state index contributed by atoms with van der Waals surface area (Å²) in [7, 11) is 1.65. The summed E-state index contributed by atoms with van der Waals surface area (Å²) in [5, 5.41) is 3.23. The monoisotopic (exact) mass is 292 g/mol. The first kappa shape index (κ1) is 16.8. The largest absolute Gasteiger partial charge is 0.416 e. The van der Waals surface area contributed by atoms with E-state index in [2.05, 4.69) is 5.32 Å². The van der Waals surface area contributed by atoms with Gasteiger partial charge in [-0.05, 0) is 39.0 Å². The molecule has 0 bridgehead atoms. The van der Waals surface area contributed by atoms with Crippen molar-refractivity contribution in [3.8, 4) is 0 Å². The third-order valence-corrected chi connectivity index (χ3v) is 2.79. The molecule has 1 aromatic rings. The lowest BCUT2D eigenvalue weighted by Crippen LogP contribution is -2.40. The molecule has 0 unspecified atom stereocenters. The molecule has 1 aromatic carbocycles. The van der Waals surface area contributed by atoms with Crippen molar-refractivity contribution in [1.29, 1.82) is 0 Å². The second kappa shape index (κ2) is 5.99. The van der Waals surface area contributed by atoms with Gasteiger partial charge < -0.3 is 10.2 Å². The fourth-order valence-corrected chi connectivity index (χ4v) is 1.71. The van der Waals surface area contributed by atoms with Crippen LogP contribution in [0.15, 0.2) is 18.2 Å². The lowest BCUT2D eigenvalue weighted by atomic mass is 10.1. The van der Waals surface area contributed by atoms with Crippen LogP contribution < -0.4 is 10.2 Å². The Kier molecular flexibility index (Phi) is 5.02. The average Bonchev–Trinajstić information content (AvgIpc) is 2.25. The van der Waals surface area contributed by atoms with Crippen molar-refractivity contribution in [1.82, 2.24) is 5.32 Å². The Morgan fingerprint density at radius 3 is 2.20 bits per heavy atom. The first-order chi connectivity index (χ1) is 9.00. The van der Waals surface area contributed by atoms with Crippen LogP contribution in [0.2, 0.25) is 0 Å². The topological polar surface area (TPSA) is 15.3 Å². The smallest absolute Gasteiger partial charge is 0.371 e. The molecule has 0 aliphatic rings. The maximum absolute atomic E-state index is 13.7. The summed E-state index contributed by atoms with van der Waals surface area (Å²) in [5.41, 5.74) is -0.867. The number of likely N-dealkylation sites (N-methyl/N-ethyl adjacent to an activating group) is 1. The zero-order valence-corrected chi connectivity index (χ0v) is 12.1. The summed E-state index contributed by atoms with van der Waals surface area (Å²) in [6, 6.07) is 2.59. The molecule has 0 atom stereocenters. The van der Waals surface area contributed by atoms with Crippen LogP contribution in [0.25, 0.3) is 0 Å². The van der Waals surface area contributed by atoms with Gasteiger partial charge in [-0.2, -0.15) is 13.2 Å². The molecule has 0 aliphatic heterocycles. The van der Waals surface area contributed by atoms with E-state index in [-0.39, 0.29) is 11.2 Å². The van der Waals surface area contributed by atoms with E-state index in [1.807, 2.05) is 20.8 Å². The SMILES string of the molecule is CN(CCNC(C)(C)C)c1ccc(C(F)(F)F)cc1F. The highest BCUT2D eigenvalue weighted by atomic mass is 19.4. The van der Waals surface area contributed by atoms with Crippen molar-refractivity contribution in [2.45, 2.75) is 32.5 Å². The maximum Gasteiger partial charge on any atom is 0.416 e. The fraction of sp³-hybridized carbons (Fsp3) is 0.571. The predicted octanol–water partition coefficient (Wildman–Crippen LogP) is 3.67. The first-order valence-electron chi connectivity index (χ1n) is 6.33. The number of halogens is 4. The zero-order valence-electron chi connectivity index (χ0n) is 12.1. The minimum absolute atomic E-state index is 0.0560. The van der Waals surface area contributed by atoms with E-state index in [1.54, 1.807) is 11.9 Å². The standard InChI is InChI=1S/C14H20F4N2/c1-13(2,3)19-7-8-20(4)12-6-5-10(9-11(12)15)14(16,17)18/h5-6,9,19H,7-8H2,1-4H3. The van der Waals surface area contributed by atoms with Gasteiger partial charge in [0.05, 0.1) is 11.3 Å². The molecule has 0 amide bonds. The predicted molar refractivity (Wildman–Crippen MR) is 72.4 cm³/mol. The van der Waals surface area contributed by atoms with Gasteiger partial charge in [-0.15, -0.1) is 0 Å². The van der Waals surface area contributed by atoms with Crippen molar-refractivity contribution in [2.24, 2.45) is 0 Å². The molecule has 114 valence electrons. The van der Waals surface area contributed by atoms with Crippen LogP contribution in [0, 0.1) is 5.82 Å². The Hall–Kier alpha value is -1.30. The van der Waals surface area contributed by atoms with Gasteiger partial charge in [0.15, 0.2) is 0 Å². The second-order valence-electron chi connectivity index (χ2n) is 5.76. The average molecular weight is 292 g/mol. The first-order valence-corrected chi connectivity index (χ1v) is 6.33. The highest BCUT2D eigenvalue weighted by molar-refractivity contribution is 5.49. The van der Waals surface area contributed by atoms with E-state index in [1.165, 1.54) is 0 Å². The van der Waals surface area contributed by atoms with Gasteiger partial charge in [0.2, 0.25) is 0 Å². The lowest BCUT2D eigenvalue weighted by molar-refractivity contribution is -0.137. The molecule has 0 aromatic heterocycles. The van der Waals surface area contributed by atoms with E-state index >= 15 is 0 Å². The van der Waals surface area contributed by atoms with Gasteiger partial charge in [0.1, 0.15) is 5.82 Å². The van der Waals surface area contributed by atoms with Gasteiger partial charge in [0.25, 0.3) is 0 Å². The van der Waals surface area contributed by atoms with Crippen molar-refractivity contribution in [3.63, 3.8) is 0 Å². The second-order valence-corrected chi connectivity index (χ2v) is 5.76. The van der Waals surface area contributed by atoms with Crippen LogP contribution in [-0.2, 0) is 6.18 Å². The quantitative estimate of drug-likeness (QED) is 0.852. The van der Waals surface area contributed by atoms with Crippen molar-refractivity contribution < 1.29 is 17.6 Å². The molecule has 20 heavy (non-hydrogen) atoms. The summed E-state index contributed by atoms with van der Waals surface area (Å²) in [4.78, 5) is 1.59. The van der Waals surface area contributed by atoms with Gasteiger partial charge in [-0.25, -0.2) is 4.39 Å². The number of hydrogen-bond donors (Lipinski definition) is 1. The lowest BCUT2D eigenvalue weighted by Gasteiger charge is -2.25. The molecule has 0 saturated carbocycles. The van der Waals surface area contributed by atoms with Gasteiger partial charge in [0, 0.05) is 25.7 Å². The van der Waals surface area contributed by atoms with Crippen LogP contribution in [0.5, 0.6) is 0 Å². The molecule has 0 radical (unpaired) electrons. The van der Waals surface area contributed by atoms with Crippen molar-refractivity contribution in [3.05, 3.63) is 29.6 Å². The van der Waals surface area contributed by atoms with Crippen LogP contribution in [0.4, 0.5) is 23.2 Å². The summed E-state index contributed by atoms with van der Waals surface area (Å²) in [6.07, 6.45) is -4.52. The molecule has 2 nitrogen and oxygen atoms in total. The van der Waals surface area contributed by atoms with Crippen molar-refractivity contribution >= 4 is 5.69 Å². The number of rotatable bonds is 4. The molecule has 0 heterocycles. The number of benzene rings is 1. The summed E-state index contributed by atoms with van der Waals surface area (Å²) < 4.78 is 51.1. The normalized spacial score (nSPS) is 12.6. The van der Waals surface area contributed by atoms with Gasteiger partial charge >= 0.3 is 6.18 Å². The highest BCUT2D eigenvalue weighted by Crippen LogP contribution is 2.31. The molecular weight excluding hydrogens is 272 g/mol. The summed E-state index contributed by atoms with van der Waals surface area (Å²) >= 11 is 0. The molecule has 1 rings (SSSR count). The minimum Gasteiger partial charge on any atom is -0.371 e. The van der Waals surface area contributed by atoms with Gasteiger partial charge in [-0.3, -0.25) is 0 Å².